The van der Waals surface area contributed by atoms with Gasteiger partial charge in [0.05, 0.1) is 0 Å². The van der Waals surface area contributed by atoms with Crippen molar-refractivity contribution in [3.8, 4) is 0 Å². The number of halogens is 1. The standard InChI is InChI=1S/C17H26BrNS/c1-2-19-17(14-7-5-3-4-6-8-14)13-20-16-11-9-15(18)10-12-16/h9-12,14,17,19H,2-8,13H2,1H3. The van der Waals surface area contributed by atoms with Crippen molar-refractivity contribution in [1.82, 2.24) is 5.32 Å². The number of rotatable bonds is 6. The molecule has 0 saturated heterocycles. The fourth-order valence-corrected chi connectivity index (χ4v) is 4.41. The third-order valence-corrected chi connectivity index (χ3v) is 5.84. The van der Waals surface area contributed by atoms with Crippen molar-refractivity contribution >= 4 is 27.7 Å². The van der Waals surface area contributed by atoms with Crippen LogP contribution in [0.2, 0.25) is 0 Å². The SMILES string of the molecule is CCNC(CSc1ccc(Br)cc1)C1CCCCCC1. The number of hydrogen-bond donors (Lipinski definition) is 1. The van der Waals surface area contributed by atoms with Crippen molar-refractivity contribution in [1.29, 1.82) is 0 Å². The summed E-state index contributed by atoms with van der Waals surface area (Å²) in [4.78, 5) is 1.38. The quantitative estimate of drug-likeness (QED) is 0.534. The molecule has 0 bridgehead atoms. The summed E-state index contributed by atoms with van der Waals surface area (Å²) < 4.78 is 1.16. The minimum Gasteiger partial charge on any atom is -0.313 e. The van der Waals surface area contributed by atoms with E-state index in [1.54, 1.807) is 0 Å². The first-order valence-electron chi connectivity index (χ1n) is 7.91. The minimum atomic E-state index is 0.673. The van der Waals surface area contributed by atoms with Gasteiger partial charge < -0.3 is 5.32 Å². The molecule has 0 aliphatic heterocycles. The first kappa shape index (κ1) is 16.4. The van der Waals surface area contributed by atoms with Crippen LogP contribution in [0.25, 0.3) is 0 Å². The first-order valence-corrected chi connectivity index (χ1v) is 9.69. The molecule has 1 nitrogen and oxygen atoms in total. The molecule has 1 N–H and O–H groups in total. The van der Waals surface area contributed by atoms with Crippen molar-refractivity contribution in [3.05, 3.63) is 28.7 Å². The van der Waals surface area contributed by atoms with Gasteiger partial charge in [0.1, 0.15) is 0 Å². The number of hydrogen-bond acceptors (Lipinski definition) is 2. The summed E-state index contributed by atoms with van der Waals surface area (Å²) in [7, 11) is 0. The van der Waals surface area contributed by atoms with E-state index in [1.807, 2.05) is 11.8 Å². The summed E-state index contributed by atoms with van der Waals surface area (Å²) in [5.41, 5.74) is 0. The van der Waals surface area contributed by atoms with Gasteiger partial charge in [0.25, 0.3) is 0 Å². The van der Waals surface area contributed by atoms with Crippen molar-refractivity contribution in [2.45, 2.75) is 56.4 Å². The van der Waals surface area contributed by atoms with Gasteiger partial charge in [0, 0.05) is 21.2 Å². The van der Waals surface area contributed by atoms with Gasteiger partial charge in [-0.1, -0.05) is 48.5 Å². The summed E-state index contributed by atoms with van der Waals surface area (Å²) in [5, 5.41) is 3.73. The van der Waals surface area contributed by atoms with Crippen LogP contribution >= 0.6 is 27.7 Å². The zero-order valence-electron chi connectivity index (χ0n) is 12.4. The smallest absolute Gasteiger partial charge is 0.0189 e. The normalized spacial score (nSPS) is 18.7. The Labute approximate surface area is 136 Å². The molecule has 0 amide bonds. The van der Waals surface area contributed by atoms with Crippen LogP contribution in [0.1, 0.15) is 45.4 Å². The molecular weight excluding hydrogens is 330 g/mol. The topological polar surface area (TPSA) is 12.0 Å². The van der Waals surface area contributed by atoms with E-state index in [1.165, 1.54) is 49.2 Å². The molecule has 3 heteroatoms. The fourth-order valence-electron chi connectivity index (χ4n) is 3.05. The van der Waals surface area contributed by atoms with Gasteiger partial charge in [-0.15, -0.1) is 11.8 Å². The Hall–Kier alpha value is 0.01000. The van der Waals surface area contributed by atoms with Gasteiger partial charge in [-0.25, -0.2) is 0 Å². The first-order chi connectivity index (χ1) is 9.79. The molecule has 0 spiro atoms. The average molecular weight is 356 g/mol. The third kappa shape index (κ3) is 5.42. The Bertz CT molecular complexity index is 371. The van der Waals surface area contributed by atoms with Crippen LogP contribution in [-0.4, -0.2) is 18.3 Å². The Kier molecular flexibility index (Phi) is 7.47. The zero-order valence-corrected chi connectivity index (χ0v) is 14.8. The highest BCUT2D eigenvalue weighted by Crippen LogP contribution is 2.29. The summed E-state index contributed by atoms with van der Waals surface area (Å²) >= 11 is 5.49. The largest absolute Gasteiger partial charge is 0.313 e. The molecule has 0 radical (unpaired) electrons. The van der Waals surface area contributed by atoms with E-state index in [4.69, 9.17) is 0 Å². The summed E-state index contributed by atoms with van der Waals surface area (Å²) in [6.45, 7) is 3.32. The molecule has 112 valence electrons. The lowest BCUT2D eigenvalue weighted by Gasteiger charge is -2.26. The Morgan fingerprint density at radius 2 is 1.80 bits per heavy atom. The van der Waals surface area contributed by atoms with E-state index in [-0.39, 0.29) is 0 Å². The van der Waals surface area contributed by atoms with E-state index in [0.717, 1.165) is 16.9 Å². The van der Waals surface area contributed by atoms with Crippen LogP contribution in [0.4, 0.5) is 0 Å². The second-order valence-corrected chi connectivity index (χ2v) is 7.69. The van der Waals surface area contributed by atoms with E-state index in [9.17, 15) is 0 Å². The summed E-state index contributed by atoms with van der Waals surface area (Å²) in [5.74, 6) is 2.07. The molecule has 2 rings (SSSR count). The maximum atomic E-state index is 3.73. The number of nitrogens with one attached hydrogen (secondary N) is 1. The second-order valence-electron chi connectivity index (χ2n) is 5.68. The van der Waals surface area contributed by atoms with Crippen LogP contribution in [-0.2, 0) is 0 Å². The van der Waals surface area contributed by atoms with Crippen molar-refractivity contribution < 1.29 is 0 Å². The van der Waals surface area contributed by atoms with E-state index >= 15 is 0 Å². The Morgan fingerprint density at radius 3 is 2.40 bits per heavy atom. The Balaban J connectivity index is 1.89. The lowest BCUT2D eigenvalue weighted by Crippen LogP contribution is -2.38. The maximum Gasteiger partial charge on any atom is 0.0189 e. The van der Waals surface area contributed by atoms with Gasteiger partial charge in [-0.05, 0) is 49.6 Å². The molecular formula is C17H26BrNS. The predicted molar refractivity (Wildman–Crippen MR) is 93.5 cm³/mol. The van der Waals surface area contributed by atoms with E-state index in [2.05, 4.69) is 52.4 Å². The van der Waals surface area contributed by atoms with Gasteiger partial charge >= 0.3 is 0 Å². The van der Waals surface area contributed by atoms with Crippen molar-refractivity contribution in [3.63, 3.8) is 0 Å². The summed E-state index contributed by atoms with van der Waals surface area (Å²) in [6, 6.07) is 9.37. The highest BCUT2D eigenvalue weighted by Gasteiger charge is 2.22. The van der Waals surface area contributed by atoms with Crippen molar-refractivity contribution in [2.75, 3.05) is 12.3 Å². The molecule has 1 aliphatic carbocycles. The number of benzene rings is 1. The predicted octanol–water partition coefficient (Wildman–Crippen LogP) is 5.49. The zero-order chi connectivity index (χ0) is 14.2. The van der Waals surface area contributed by atoms with Crippen LogP contribution in [0.5, 0.6) is 0 Å². The number of thioether (sulfide) groups is 1. The van der Waals surface area contributed by atoms with Gasteiger partial charge in [0.15, 0.2) is 0 Å². The van der Waals surface area contributed by atoms with Crippen LogP contribution in [0, 0.1) is 5.92 Å². The molecule has 0 heterocycles. The molecule has 1 fully saturated rings. The monoisotopic (exact) mass is 355 g/mol. The van der Waals surface area contributed by atoms with Crippen LogP contribution < -0.4 is 5.32 Å². The molecule has 20 heavy (non-hydrogen) atoms. The lowest BCUT2D eigenvalue weighted by molar-refractivity contribution is 0.347. The second kappa shape index (κ2) is 9.11. The van der Waals surface area contributed by atoms with Crippen LogP contribution in [0.3, 0.4) is 0 Å². The van der Waals surface area contributed by atoms with Gasteiger partial charge in [-0.3, -0.25) is 0 Å². The van der Waals surface area contributed by atoms with Crippen LogP contribution in [0.15, 0.2) is 33.6 Å². The molecule has 1 unspecified atom stereocenters. The molecule has 1 aromatic rings. The molecule has 1 atom stereocenters. The van der Waals surface area contributed by atoms with E-state index < -0.39 is 0 Å². The van der Waals surface area contributed by atoms with Crippen molar-refractivity contribution in [2.24, 2.45) is 5.92 Å². The van der Waals surface area contributed by atoms with Gasteiger partial charge in [0.2, 0.25) is 0 Å². The lowest BCUT2D eigenvalue weighted by atomic mass is 9.93. The molecule has 1 aromatic carbocycles. The minimum absolute atomic E-state index is 0.673. The highest BCUT2D eigenvalue weighted by atomic mass is 79.9. The van der Waals surface area contributed by atoms with E-state index in [0.29, 0.717) is 6.04 Å². The maximum absolute atomic E-state index is 3.73. The molecule has 0 aromatic heterocycles. The highest BCUT2D eigenvalue weighted by molar-refractivity contribution is 9.10. The molecule has 1 aliphatic rings. The fraction of sp³-hybridized carbons (Fsp3) is 0.647. The average Bonchev–Trinajstić information content (AvgIpc) is 2.74. The summed E-state index contributed by atoms with van der Waals surface area (Å²) in [6.07, 6.45) is 8.56. The van der Waals surface area contributed by atoms with Gasteiger partial charge in [-0.2, -0.15) is 0 Å². The molecule has 1 saturated carbocycles. The third-order valence-electron chi connectivity index (χ3n) is 4.18. The Morgan fingerprint density at radius 1 is 1.15 bits per heavy atom.